The number of para-hydroxylation sites is 1. The second-order valence-corrected chi connectivity index (χ2v) is 6.62. The van der Waals surface area contributed by atoms with Gasteiger partial charge in [0.1, 0.15) is 12.4 Å². The van der Waals surface area contributed by atoms with Crippen LogP contribution in [0.1, 0.15) is 26.3 Å². The summed E-state index contributed by atoms with van der Waals surface area (Å²) in [4.78, 5) is 0. The summed E-state index contributed by atoms with van der Waals surface area (Å²) in [5.41, 5.74) is 2.14. The topological polar surface area (TPSA) is 21.3 Å². The monoisotopic (exact) mass is 333 g/mol. The highest BCUT2D eigenvalue weighted by molar-refractivity contribution is 9.10. The smallest absolute Gasteiger partial charge is 0.144 e. The molecule has 0 saturated heterocycles. The van der Waals surface area contributed by atoms with Crippen LogP contribution < -0.4 is 10.1 Å². The highest BCUT2D eigenvalue weighted by Crippen LogP contribution is 2.35. The summed E-state index contributed by atoms with van der Waals surface area (Å²) < 4.78 is 6.97. The molecule has 2 aromatic carbocycles. The zero-order chi connectivity index (χ0) is 14.6. The minimum atomic E-state index is -0.0191. The Labute approximate surface area is 129 Å². The lowest BCUT2D eigenvalue weighted by Crippen LogP contribution is -2.26. The number of hydrogen-bond donors (Lipinski definition) is 1. The number of anilines is 1. The Morgan fingerprint density at radius 2 is 1.70 bits per heavy atom. The van der Waals surface area contributed by atoms with Crippen molar-refractivity contribution in [1.29, 1.82) is 0 Å². The van der Waals surface area contributed by atoms with Gasteiger partial charge < -0.3 is 10.1 Å². The van der Waals surface area contributed by atoms with Gasteiger partial charge in [-0.15, -0.1) is 0 Å². The summed E-state index contributed by atoms with van der Waals surface area (Å²) in [6.07, 6.45) is 0. The number of hydrogen-bond acceptors (Lipinski definition) is 2. The number of ether oxygens (including phenoxy) is 1. The molecule has 0 radical (unpaired) electrons. The molecule has 0 unspecified atom stereocenters. The summed E-state index contributed by atoms with van der Waals surface area (Å²) >= 11 is 3.58. The molecule has 3 heteroatoms. The molecule has 0 spiro atoms. The van der Waals surface area contributed by atoms with Crippen LogP contribution in [0.15, 0.2) is 53.0 Å². The van der Waals surface area contributed by atoms with Crippen molar-refractivity contribution in [1.82, 2.24) is 0 Å². The highest BCUT2D eigenvalue weighted by Gasteiger charge is 2.15. The fraction of sp³-hybridized carbons (Fsp3) is 0.294. The molecule has 1 N–H and O–H groups in total. The molecule has 0 bridgehead atoms. The lowest BCUT2D eigenvalue weighted by Gasteiger charge is -2.25. The molecule has 2 nitrogen and oxygen atoms in total. The molecule has 0 aliphatic heterocycles. The zero-order valence-electron chi connectivity index (χ0n) is 12.1. The Morgan fingerprint density at radius 3 is 2.35 bits per heavy atom. The second kappa shape index (κ2) is 6.31. The standard InChI is InChI=1S/C17H20BrNO/c1-17(2,3)19-16-14(18)10-7-11-15(16)20-12-13-8-5-4-6-9-13/h4-11,19H,12H2,1-3H3. The van der Waals surface area contributed by atoms with Crippen molar-refractivity contribution in [3.05, 3.63) is 58.6 Å². The first-order valence-corrected chi connectivity index (χ1v) is 7.48. The second-order valence-electron chi connectivity index (χ2n) is 5.76. The van der Waals surface area contributed by atoms with E-state index in [4.69, 9.17) is 4.74 Å². The van der Waals surface area contributed by atoms with Gasteiger partial charge in [0.15, 0.2) is 0 Å². The van der Waals surface area contributed by atoms with E-state index in [-0.39, 0.29) is 5.54 Å². The van der Waals surface area contributed by atoms with Crippen molar-refractivity contribution in [3.63, 3.8) is 0 Å². The van der Waals surface area contributed by atoms with Crippen LogP contribution in [0.25, 0.3) is 0 Å². The summed E-state index contributed by atoms with van der Waals surface area (Å²) in [5.74, 6) is 0.859. The van der Waals surface area contributed by atoms with Crippen molar-refractivity contribution in [2.75, 3.05) is 5.32 Å². The van der Waals surface area contributed by atoms with E-state index >= 15 is 0 Å². The molecule has 2 aromatic rings. The summed E-state index contributed by atoms with van der Waals surface area (Å²) in [6, 6.07) is 16.2. The Hall–Kier alpha value is -1.48. The fourth-order valence-corrected chi connectivity index (χ4v) is 2.30. The van der Waals surface area contributed by atoms with Crippen molar-refractivity contribution in [2.45, 2.75) is 32.9 Å². The minimum Gasteiger partial charge on any atom is -0.487 e. The third-order valence-electron chi connectivity index (χ3n) is 2.71. The largest absolute Gasteiger partial charge is 0.487 e. The number of nitrogens with one attached hydrogen (secondary N) is 1. The maximum absolute atomic E-state index is 5.96. The van der Waals surface area contributed by atoms with E-state index in [0.29, 0.717) is 6.61 Å². The third-order valence-corrected chi connectivity index (χ3v) is 3.37. The number of halogens is 1. The predicted octanol–water partition coefficient (Wildman–Crippen LogP) is 5.24. The average Bonchev–Trinajstić information content (AvgIpc) is 2.39. The van der Waals surface area contributed by atoms with Gasteiger partial charge in [-0.3, -0.25) is 0 Å². The van der Waals surface area contributed by atoms with Gasteiger partial charge in [-0.25, -0.2) is 0 Å². The van der Waals surface area contributed by atoms with Gasteiger partial charge >= 0.3 is 0 Å². The Bertz CT molecular complexity index is 561. The lowest BCUT2D eigenvalue weighted by atomic mass is 10.1. The van der Waals surface area contributed by atoms with Gasteiger partial charge in [0.05, 0.1) is 5.69 Å². The maximum Gasteiger partial charge on any atom is 0.144 e. The first kappa shape index (κ1) is 14.9. The van der Waals surface area contributed by atoms with Crippen LogP contribution in [-0.2, 0) is 6.61 Å². The summed E-state index contributed by atoms with van der Waals surface area (Å²) in [5, 5.41) is 3.48. The highest BCUT2D eigenvalue weighted by atomic mass is 79.9. The van der Waals surface area contributed by atoms with E-state index in [1.807, 2.05) is 36.4 Å². The van der Waals surface area contributed by atoms with Gasteiger partial charge in [0, 0.05) is 10.0 Å². The van der Waals surface area contributed by atoms with Gasteiger partial charge in [-0.1, -0.05) is 36.4 Å². The SMILES string of the molecule is CC(C)(C)Nc1c(Br)cccc1OCc1ccccc1. The first-order valence-electron chi connectivity index (χ1n) is 6.69. The summed E-state index contributed by atoms with van der Waals surface area (Å²) in [7, 11) is 0. The summed E-state index contributed by atoms with van der Waals surface area (Å²) in [6.45, 7) is 6.96. The van der Waals surface area contributed by atoms with Crippen LogP contribution in [0.5, 0.6) is 5.75 Å². The van der Waals surface area contributed by atoms with Crippen molar-refractivity contribution >= 4 is 21.6 Å². The van der Waals surface area contributed by atoms with E-state index < -0.39 is 0 Å². The van der Waals surface area contributed by atoms with E-state index in [1.54, 1.807) is 0 Å². The van der Waals surface area contributed by atoms with E-state index in [2.05, 4.69) is 54.2 Å². The molecule has 0 fully saturated rings. The minimum absolute atomic E-state index is 0.0191. The van der Waals surface area contributed by atoms with Crippen LogP contribution in [-0.4, -0.2) is 5.54 Å². The molecule has 20 heavy (non-hydrogen) atoms. The van der Waals surface area contributed by atoms with Crippen molar-refractivity contribution < 1.29 is 4.74 Å². The molecule has 0 heterocycles. The van der Waals surface area contributed by atoms with Crippen LogP contribution in [0, 0.1) is 0 Å². The number of benzene rings is 2. The third kappa shape index (κ3) is 4.27. The molecule has 0 atom stereocenters. The molecule has 2 rings (SSSR count). The Morgan fingerprint density at radius 1 is 1.00 bits per heavy atom. The molecule has 0 amide bonds. The van der Waals surface area contributed by atoms with Crippen molar-refractivity contribution in [3.8, 4) is 5.75 Å². The fourth-order valence-electron chi connectivity index (χ4n) is 1.86. The van der Waals surface area contributed by atoms with Crippen LogP contribution >= 0.6 is 15.9 Å². The van der Waals surface area contributed by atoms with E-state index in [0.717, 1.165) is 21.5 Å². The normalized spacial score (nSPS) is 11.2. The molecular weight excluding hydrogens is 314 g/mol. The molecule has 0 aliphatic carbocycles. The van der Waals surface area contributed by atoms with Gasteiger partial charge in [0.25, 0.3) is 0 Å². The predicted molar refractivity (Wildman–Crippen MR) is 88.3 cm³/mol. The van der Waals surface area contributed by atoms with E-state index in [1.165, 1.54) is 0 Å². The molecular formula is C17H20BrNO. The average molecular weight is 334 g/mol. The maximum atomic E-state index is 5.96. The Balaban J connectivity index is 2.17. The van der Waals surface area contributed by atoms with Gasteiger partial charge in [0.2, 0.25) is 0 Å². The first-order chi connectivity index (χ1) is 9.46. The molecule has 0 saturated carbocycles. The van der Waals surface area contributed by atoms with Gasteiger partial charge in [-0.2, -0.15) is 0 Å². The quantitative estimate of drug-likeness (QED) is 0.826. The van der Waals surface area contributed by atoms with Crippen LogP contribution in [0.2, 0.25) is 0 Å². The van der Waals surface area contributed by atoms with Crippen LogP contribution in [0.4, 0.5) is 5.69 Å². The van der Waals surface area contributed by atoms with Crippen LogP contribution in [0.3, 0.4) is 0 Å². The molecule has 106 valence electrons. The van der Waals surface area contributed by atoms with Crippen molar-refractivity contribution in [2.24, 2.45) is 0 Å². The Kier molecular flexibility index (Phi) is 4.71. The molecule has 0 aliphatic rings. The number of rotatable bonds is 4. The molecule has 0 aromatic heterocycles. The lowest BCUT2D eigenvalue weighted by molar-refractivity contribution is 0.307. The van der Waals surface area contributed by atoms with E-state index in [9.17, 15) is 0 Å². The zero-order valence-corrected chi connectivity index (χ0v) is 13.7. The van der Waals surface area contributed by atoms with Gasteiger partial charge in [-0.05, 0) is 54.4 Å².